The zero-order chi connectivity index (χ0) is 10.7. The van der Waals surface area contributed by atoms with Crippen molar-refractivity contribution in [2.24, 2.45) is 5.41 Å². The Labute approximate surface area is 86.5 Å². The minimum Gasteiger partial charge on any atom is -0.396 e. The molecule has 1 aliphatic carbocycles. The molecule has 1 saturated carbocycles. The third-order valence-electron chi connectivity index (χ3n) is 3.83. The number of rotatable bonds is 7. The van der Waals surface area contributed by atoms with E-state index in [0.717, 1.165) is 32.2 Å². The van der Waals surface area contributed by atoms with Crippen molar-refractivity contribution in [3.05, 3.63) is 0 Å². The van der Waals surface area contributed by atoms with Crippen LogP contribution in [0.25, 0.3) is 0 Å². The number of hydrogen-bond donors (Lipinski definition) is 3. The summed E-state index contributed by atoms with van der Waals surface area (Å²) < 4.78 is 0. The van der Waals surface area contributed by atoms with Gasteiger partial charge in [0.1, 0.15) is 0 Å². The van der Waals surface area contributed by atoms with Gasteiger partial charge in [0, 0.05) is 24.1 Å². The number of aliphatic hydroxyl groups excluding tert-OH is 2. The van der Waals surface area contributed by atoms with Crippen molar-refractivity contribution in [3.8, 4) is 0 Å². The molecule has 0 aromatic heterocycles. The molecule has 0 unspecified atom stereocenters. The van der Waals surface area contributed by atoms with Crippen molar-refractivity contribution < 1.29 is 10.2 Å². The van der Waals surface area contributed by atoms with Gasteiger partial charge in [-0.05, 0) is 25.7 Å². The average molecular weight is 201 g/mol. The second-order valence-electron chi connectivity index (χ2n) is 4.66. The summed E-state index contributed by atoms with van der Waals surface area (Å²) in [6.45, 7) is 5.49. The van der Waals surface area contributed by atoms with Gasteiger partial charge in [0.25, 0.3) is 0 Å². The molecule has 3 N–H and O–H groups in total. The molecule has 0 bridgehead atoms. The Hall–Kier alpha value is -0.120. The fourth-order valence-corrected chi connectivity index (χ4v) is 1.70. The summed E-state index contributed by atoms with van der Waals surface area (Å²) in [5.74, 6) is 0. The minimum atomic E-state index is -0.00917. The van der Waals surface area contributed by atoms with Crippen LogP contribution in [0.15, 0.2) is 0 Å². The van der Waals surface area contributed by atoms with Crippen molar-refractivity contribution in [2.45, 2.75) is 45.1 Å². The van der Waals surface area contributed by atoms with Crippen molar-refractivity contribution in [1.82, 2.24) is 5.32 Å². The van der Waals surface area contributed by atoms with Crippen LogP contribution in [0, 0.1) is 5.41 Å². The molecule has 1 rings (SSSR count). The first-order valence-electron chi connectivity index (χ1n) is 5.63. The van der Waals surface area contributed by atoms with E-state index in [1.54, 1.807) is 0 Å². The van der Waals surface area contributed by atoms with Crippen LogP contribution in [0.3, 0.4) is 0 Å². The summed E-state index contributed by atoms with van der Waals surface area (Å²) >= 11 is 0. The highest BCUT2D eigenvalue weighted by molar-refractivity contribution is 5.02. The summed E-state index contributed by atoms with van der Waals surface area (Å²) in [7, 11) is 0. The van der Waals surface area contributed by atoms with Gasteiger partial charge in [0.05, 0.1) is 6.61 Å². The zero-order valence-corrected chi connectivity index (χ0v) is 9.34. The van der Waals surface area contributed by atoms with Crippen LogP contribution in [0.1, 0.15) is 39.5 Å². The normalized spacial score (nSPS) is 19.7. The van der Waals surface area contributed by atoms with E-state index in [1.165, 1.54) is 0 Å². The Balaban J connectivity index is 2.40. The lowest BCUT2D eigenvalue weighted by molar-refractivity contribution is 0.102. The van der Waals surface area contributed by atoms with Gasteiger partial charge < -0.3 is 15.5 Å². The van der Waals surface area contributed by atoms with Crippen molar-refractivity contribution in [1.29, 1.82) is 0 Å². The van der Waals surface area contributed by atoms with Crippen LogP contribution in [-0.4, -0.2) is 35.5 Å². The van der Waals surface area contributed by atoms with Gasteiger partial charge in [-0.3, -0.25) is 0 Å². The maximum atomic E-state index is 9.36. The van der Waals surface area contributed by atoms with Gasteiger partial charge in [0.2, 0.25) is 0 Å². The zero-order valence-electron chi connectivity index (χ0n) is 9.34. The maximum Gasteiger partial charge on any atom is 0.0613 e. The van der Waals surface area contributed by atoms with Crippen LogP contribution in [0.2, 0.25) is 0 Å². The molecule has 0 saturated heterocycles. The summed E-state index contributed by atoms with van der Waals surface area (Å²) in [5.41, 5.74) is -0.00444. The fraction of sp³-hybridized carbons (Fsp3) is 1.00. The highest BCUT2D eigenvalue weighted by Gasteiger charge is 2.43. The molecule has 1 fully saturated rings. The predicted molar refractivity (Wildman–Crippen MR) is 57.2 cm³/mol. The first-order chi connectivity index (χ1) is 6.66. The molecule has 0 aliphatic heterocycles. The highest BCUT2D eigenvalue weighted by Crippen LogP contribution is 2.36. The smallest absolute Gasteiger partial charge is 0.0613 e. The van der Waals surface area contributed by atoms with E-state index in [4.69, 9.17) is 5.11 Å². The lowest BCUT2D eigenvalue weighted by Gasteiger charge is -2.31. The Bertz CT molecular complexity index is 166. The molecular formula is C11H23NO2. The van der Waals surface area contributed by atoms with Crippen LogP contribution < -0.4 is 5.32 Å². The van der Waals surface area contributed by atoms with E-state index in [9.17, 15) is 5.11 Å². The predicted octanol–water partition coefficient (Wildman–Crippen LogP) is 0.900. The molecule has 3 nitrogen and oxygen atoms in total. The molecular weight excluding hydrogens is 178 g/mol. The van der Waals surface area contributed by atoms with Crippen LogP contribution in [0.4, 0.5) is 0 Å². The lowest BCUT2D eigenvalue weighted by atomic mass is 9.83. The molecule has 3 heteroatoms. The second-order valence-corrected chi connectivity index (χ2v) is 4.66. The lowest BCUT2D eigenvalue weighted by Crippen LogP contribution is -2.44. The molecule has 0 atom stereocenters. The Morgan fingerprint density at radius 3 is 2.07 bits per heavy atom. The number of aliphatic hydroxyl groups is 2. The van der Waals surface area contributed by atoms with E-state index in [1.807, 2.05) is 0 Å². The van der Waals surface area contributed by atoms with Crippen LogP contribution in [0.5, 0.6) is 0 Å². The molecule has 0 spiro atoms. The number of hydrogen-bond acceptors (Lipinski definition) is 3. The third-order valence-corrected chi connectivity index (χ3v) is 3.83. The standard InChI is InChI=1S/C11H23NO2/c1-3-10(4-2,8-13)7-12-11(9-14)5-6-11/h12-14H,3-9H2,1-2H3. The fourth-order valence-electron chi connectivity index (χ4n) is 1.70. The van der Waals surface area contributed by atoms with Crippen molar-refractivity contribution >= 4 is 0 Å². The van der Waals surface area contributed by atoms with Gasteiger partial charge in [-0.15, -0.1) is 0 Å². The summed E-state index contributed by atoms with van der Waals surface area (Å²) in [5, 5.41) is 21.9. The molecule has 14 heavy (non-hydrogen) atoms. The topological polar surface area (TPSA) is 52.5 Å². The summed E-state index contributed by atoms with van der Waals surface area (Å²) in [6, 6.07) is 0. The third kappa shape index (κ3) is 2.47. The molecule has 0 amide bonds. The Morgan fingerprint density at radius 1 is 1.21 bits per heavy atom. The monoisotopic (exact) mass is 201 g/mol. The molecule has 0 radical (unpaired) electrons. The largest absolute Gasteiger partial charge is 0.396 e. The van der Waals surface area contributed by atoms with Gasteiger partial charge in [-0.25, -0.2) is 0 Å². The highest BCUT2D eigenvalue weighted by atomic mass is 16.3. The van der Waals surface area contributed by atoms with Crippen molar-refractivity contribution in [2.75, 3.05) is 19.8 Å². The first-order valence-corrected chi connectivity index (χ1v) is 5.63. The maximum absolute atomic E-state index is 9.36. The van der Waals surface area contributed by atoms with E-state index in [0.29, 0.717) is 0 Å². The summed E-state index contributed by atoms with van der Waals surface area (Å²) in [4.78, 5) is 0. The van der Waals surface area contributed by atoms with E-state index in [-0.39, 0.29) is 24.2 Å². The number of nitrogens with one attached hydrogen (secondary N) is 1. The van der Waals surface area contributed by atoms with Gasteiger partial charge in [-0.1, -0.05) is 13.8 Å². The van der Waals surface area contributed by atoms with Crippen LogP contribution in [-0.2, 0) is 0 Å². The van der Waals surface area contributed by atoms with Gasteiger partial charge in [-0.2, -0.15) is 0 Å². The summed E-state index contributed by atoms with van der Waals surface area (Å²) in [6.07, 6.45) is 4.10. The average Bonchev–Trinajstić information content (AvgIpc) is 3.02. The van der Waals surface area contributed by atoms with Gasteiger partial charge >= 0.3 is 0 Å². The molecule has 0 aromatic carbocycles. The van der Waals surface area contributed by atoms with Crippen molar-refractivity contribution in [3.63, 3.8) is 0 Å². The van der Waals surface area contributed by atoms with E-state index in [2.05, 4.69) is 19.2 Å². The SMILES string of the molecule is CCC(CC)(CO)CNC1(CO)CC1. The minimum absolute atomic E-state index is 0.00472. The second kappa shape index (κ2) is 4.60. The van der Waals surface area contributed by atoms with Crippen LogP contribution >= 0.6 is 0 Å². The molecule has 0 heterocycles. The molecule has 1 aliphatic rings. The Morgan fingerprint density at radius 2 is 1.79 bits per heavy atom. The Kier molecular flexibility index (Phi) is 3.93. The quantitative estimate of drug-likeness (QED) is 0.573. The van der Waals surface area contributed by atoms with Gasteiger partial charge in [0.15, 0.2) is 0 Å². The first kappa shape index (κ1) is 12.0. The van der Waals surface area contributed by atoms with E-state index >= 15 is 0 Å². The van der Waals surface area contributed by atoms with E-state index < -0.39 is 0 Å². The molecule has 84 valence electrons. The molecule has 0 aromatic rings.